The van der Waals surface area contributed by atoms with Crippen LogP contribution in [0, 0.1) is 0 Å². The molecule has 0 aliphatic carbocycles. The predicted octanol–water partition coefficient (Wildman–Crippen LogP) is 5.49. The third-order valence-electron chi connectivity index (χ3n) is 4.25. The van der Waals surface area contributed by atoms with E-state index in [0.29, 0.717) is 29.7 Å². The monoisotopic (exact) mass is 497 g/mol. The molecule has 1 amide bonds. The molecule has 1 unspecified atom stereocenters. The van der Waals surface area contributed by atoms with E-state index in [4.69, 9.17) is 42.1 Å². The molecular formula is C22H25Cl2N3O6. The van der Waals surface area contributed by atoms with Gasteiger partial charge in [-0.1, -0.05) is 23.2 Å². The summed E-state index contributed by atoms with van der Waals surface area (Å²) in [7, 11) is 2.85. The zero-order chi connectivity index (χ0) is 24.5. The molecule has 0 fully saturated rings. The molecule has 0 radical (unpaired) electrons. The van der Waals surface area contributed by atoms with E-state index in [0.717, 1.165) is 0 Å². The molecule has 0 spiro atoms. The van der Waals surface area contributed by atoms with Crippen LogP contribution in [-0.2, 0) is 9.59 Å². The minimum Gasteiger partial charge on any atom is -0.497 e. The Kier molecular flexibility index (Phi) is 9.74. The van der Waals surface area contributed by atoms with Crippen LogP contribution < -0.4 is 24.3 Å². The second kappa shape index (κ2) is 12.3. The molecule has 1 atom stereocenters. The number of hydrogen-bond donors (Lipinski definition) is 1. The average molecular weight is 498 g/mol. The second-order valence-electron chi connectivity index (χ2n) is 6.50. The fourth-order valence-corrected chi connectivity index (χ4v) is 3.29. The van der Waals surface area contributed by atoms with Crippen molar-refractivity contribution in [2.75, 3.05) is 32.8 Å². The molecule has 0 bridgehead atoms. The summed E-state index contributed by atoms with van der Waals surface area (Å²) >= 11 is 12.4. The number of ketones is 1. The van der Waals surface area contributed by atoms with Crippen molar-refractivity contribution in [2.24, 2.45) is 10.2 Å². The van der Waals surface area contributed by atoms with Crippen LogP contribution in [0.25, 0.3) is 0 Å². The van der Waals surface area contributed by atoms with Gasteiger partial charge in [0.05, 0.1) is 43.2 Å². The number of rotatable bonds is 11. The number of nitrogens with one attached hydrogen (secondary N) is 1. The molecule has 0 heterocycles. The highest BCUT2D eigenvalue weighted by Gasteiger charge is 2.26. The Bertz CT molecular complexity index is 1050. The van der Waals surface area contributed by atoms with Gasteiger partial charge in [-0.05, 0) is 32.9 Å². The van der Waals surface area contributed by atoms with Crippen molar-refractivity contribution in [3.05, 3.63) is 34.3 Å². The van der Waals surface area contributed by atoms with Crippen LogP contribution in [0.4, 0.5) is 11.4 Å². The van der Waals surface area contributed by atoms with Gasteiger partial charge >= 0.3 is 0 Å². The van der Waals surface area contributed by atoms with Crippen LogP contribution in [0.1, 0.15) is 20.8 Å². The van der Waals surface area contributed by atoms with Gasteiger partial charge in [-0.25, -0.2) is 0 Å². The van der Waals surface area contributed by atoms with Crippen molar-refractivity contribution in [3.8, 4) is 23.0 Å². The highest BCUT2D eigenvalue weighted by atomic mass is 35.5. The minimum absolute atomic E-state index is 0.211. The maximum atomic E-state index is 12.9. The van der Waals surface area contributed by atoms with Crippen molar-refractivity contribution in [1.29, 1.82) is 0 Å². The fourth-order valence-electron chi connectivity index (χ4n) is 2.80. The lowest BCUT2D eigenvalue weighted by Crippen LogP contribution is -2.32. The van der Waals surface area contributed by atoms with Crippen LogP contribution in [0.5, 0.6) is 23.0 Å². The van der Waals surface area contributed by atoms with Gasteiger partial charge in [0.25, 0.3) is 5.91 Å². The average Bonchev–Trinajstić information content (AvgIpc) is 2.77. The van der Waals surface area contributed by atoms with Crippen molar-refractivity contribution in [2.45, 2.75) is 26.8 Å². The number of halogens is 2. The van der Waals surface area contributed by atoms with Gasteiger partial charge in [0.15, 0.2) is 23.0 Å². The Morgan fingerprint density at radius 1 is 0.970 bits per heavy atom. The lowest BCUT2D eigenvalue weighted by molar-refractivity contribution is -0.126. The molecule has 0 aromatic heterocycles. The van der Waals surface area contributed by atoms with Crippen LogP contribution in [0.2, 0.25) is 10.0 Å². The molecule has 0 aliphatic heterocycles. The van der Waals surface area contributed by atoms with E-state index < -0.39 is 17.7 Å². The molecule has 0 saturated heterocycles. The Balaban J connectivity index is 2.39. The highest BCUT2D eigenvalue weighted by Crippen LogP contribution is 2.43. The van der Waals surface area contributed by atoms with Crippen molar-refractivity contribution < 1.29 is 28.5 Å². The van der Waals surface area contributed by atoms with Crippen molar-refractivity contribution in [3.63, 3.8) is 0 Å². The van der Waals surface area contributed by atoms with E-state index in [1.807, 2.05) is 0 Å². The van der Waals surface area contributed by atoms with E-state index in [1.165, 1.54) is 33.3 Å². The smallest absolute Gasteiger partial charge is 0.258 e. The van der Waals surface area contributed by atoms with E-state index >= 15 is 0 Å². The van der Waals surface area contributed by atoms with Gasteiger partial charge in [-0.3, -0.25) is 9.59 Å². The number of ether oxygens (including phenoxy) is 4. The Hall–Kier alpha value is -3.04. The molecule has 9 nitrogen and oxygen atoms in total. The molecule has 2 aromatic carbocycles. The number of carbonyl (C=O) groups is 2. The first-order chi connectivity index (χ1) is 15.8. The molecule has 1 N–H and O–H groups in total. The van der Waals surface area contributed by atoms with Gasteiger partial charge in [0, 0.05) is 12.1 Å². The van der Waals surface area contributed by atoms with Crippen LogP contribution in [0.15, 0.2) is 34.5 Å². The molecule has 11 heteroatoms. The lowest BCUT2D eigenvalue weighted by Gasteiger charge is -2.16. The predicted molar refractivity (Wildman–Crippen MR) is 126 cm³/mol. The number of benzene rings is 2. The first-order valence-electron chi connectivity index (χ1n) is 9.99. The largest absolute Gasteiger partial charge is 0.497 e. The second-order valence-corrected chi connectivity index (χ2v) is 7.31. The summed E-state index contributed by atoms with van der Waals surface area (Å²) in [5.41, 5.74) is 0.471. The number of methoxy groups -OCH3 is 2. The molecule has 2 rings (SSSR count). The van der Waals surface area contributed by atoms with Crippen LogP contribution in [-0.4, -0.2) is 45.2 Å². The number of nitrogens with zero attached hydrogens (tertiary/aromatic N) is 2. The van der Waals surface area contributed by atoms with Crippen LogP contribution in [0.3, 0.4) is 0 Å². The molecule has 2 aromatic rings. The standard InChI is InChI=1S/C22H25Cl2N3O6/c1-6-32-20-14(23)8-9-16(21(20)33-7-2)26-27-18(12(3)28)22(29)25-17-11-13(30-4)10-15(24)19(17)31-5/h8-11,18H,6-7H2,1-5H3,(H,25,29). The SMILES string of the molecule is CCOc1c(Cl)ccc(N=NC(C(C)=O)C(=O)Nc2cc(OC)cc(Cl)c2OC)c1OCC. The van der Waals surface area contributed by atoms with Gasteiger partial charge < -0.3 is 24.3 Å². The fraction of sp³-hybridized carbons (Fsp3) is 0.364. The summed E-state index contributed by atoms with van der Waals surface area (Å²) < 4.78 is 21.6. The molecule has 33 heavy (non-hydrogen) atoms. The molecule has 0 aliphatic rings. The summed E-state index contributed by atoms with van der Waals surface area (Å²) in [6.45, 7) is 5.49. The topological polar surface area (TPSA) is 108 Å². The first kappa shape index (κ1) is 26.2. The van der Waals surface area contributed by atoms with Crippen molar-refractivity contribution in [1.82, 2.24) is 0 Å². The quantitative estimate of drug-likeness (QED) is 0.324. The number of anilines is 1. The zero-order valence-electron chi connectivity index (χ0n) is 18.9. The number of azo groups is 1. The first-order valence-corrected chi connectivity index (χ1v) is 10.7. The highest BCUT2D eigenvalue weighted by molar-refractivity contribution is 6.33. The maximum absolute atomic E-state index is 12.9. The summed E-state index contributed by atoms with van der Waals surface area (Å²) in [6.07, 6.45) is 0. The molecule has 178 valence electrons. The van der Waals surface area contributed by atoms with Gasteiger partial charge in [0.2, 0.25) is 6.04 Å². The van der Waals surface area contributed by atoms with E-state index in [2.05, 4.69) is 15.5 Å². The van der Waals surface area contributed by atoms with Crippen LogP contribution >= 0.6 is 23.2 Å². The number of hydrogen-bond acceptors (Lipinski definition) is 8. The summed E-state index contributed by atoms with van der Waals surface area (Å²) in [5, 5.41) is 11.2. The summed E-state index contributed by atoms with van der Waals surface area (Å²) in [4.78, 5) is 25.1. The van der Waals surface area contributed by atoms with Crippen molar-refractivity contribution >= 4 is 46.3 Å². The van der Waals surface area contributed by atoms with E-state index in [9.17, 15) is 9.59 Å². The Labute approximate surface area is 202 Å². The van der Waals surface area contributed by atoms with Gasteiger partial charge in [0.1, 0.15) is 11.4 Å². The summed E-state index contributed by atoms with van der Waals surface area (Å²) in [6, 6.07) is 4.72. The van der Waals surface area contributed by atoms with E-state index in [1.54, 1.807) is 26.0 Å². The Morgan fingerprint density at radius 2 is 1.64 bits per heavy atom. The number of amides is 1. The lowest BCUT2D eigenvalue weighted by atomic mass is 10.2. The third-order valence-corrected chi connectivity index (χ3v) is 4.83. The molecule has 0 saturated carbocycles. The third kappa shape index (κ3) is 6.49. The van der Waals surface area contributed by atoms with Gasteiger partial charge in [-0.15, -0.1) is 0 Å². The summed E-state index contributed by atoms with van der Waals surface area (Å²) in [5.74, 6) is -0.0885. The van der Waals surface area contributed by atoms with E-state index in [-0.39, 0.29) is 27.9 Å². The van der Waals surface area contributed by atoms with Gasteiger partial charge in [-0.2, -0.15) is 10.2 Å². The maximum Gasteiger partial charge on any atom is 0.258 e. The molecular weight excluding hydrogens is 473 g/mol. The Morgan fingerprint density at radius 3 is 2.21 bits per heavy atom. The number of carbonyl (C=O) groups excluding carboxylic acids is 2. The minimum atomic E-state index is -1.44. The zero-order valence-corrected chi connectivity index (χ0v) is 20.4. The number of Topliss-reactive ketones (excluding diaryl/α,β-unsaturated/α-hetero) is 1. The normalized spacial score (nSPS) is 11.7.